The fourth-order valence-electron chi connectivity index (χ4n) is 4.53. The average Bonchev–Trinajstić information content (AvgIpc) is 3.31. The summed E-state index contributed by atoms with van der Waals surface area (Å²) >= 11 is 0. The van der Waals surface area contributed by atoms with E-state index in [9.17, 15) is 0 Å². The number of para-hydroxylation sites is 1. The van der Waals surface area contributed by atoms with E-state index in [0.29, 0.717) is 0 Å². The van der Waals surface area contributed by atoms with Gasteiger partial charge in [0.2, 0.25) is 0 Å². The molecule has 0 saturated carbocycles. The minimum absolute atomic E-state index is 0.781. The maximum absolute atomic E-state index is 5.95. The second-order valence-electron chi connectivity index (χ2n) is 7.81. The lowest BCUT2D eigenvalue weighted by Gasteiger charge is -2.27. The van der Waals surface area contributed by atoms with Gasteiger partial charge in [-0.25, -0.2) is 0 Å². The van der Waals surface area contributed by atoms with Crippen molar-refractivity contribution in [1.29, 1.82) is 0 Å². The number of nitrogens with zero attached hydrogens (tertiary/aromatic N) is 2. The number of aromatic amines is 1. The molecular formula is C24H27N3O. The molecule has 1 aliphatic heterocycles. The number of fused-ring (bicyclic) bond motifs is 4. The number of aryl methyl sites for hydroxylation is 1. The van der Waals surface area contributed by atoms with Crippen LogP contribution in [0.3, 0.4) is 0 Å². The molecular weight excluding hydrogens is 346 g/mol. The van der Waals surface area contributed by atoms with Crippen molar-refractivity contribution in [2.24, 2.45) is 7.05 Å². The zero-order valence-electron chi connectivity index (χ0n) is 16.4. The predicted octanol–water partition coefficient (Wildman–Crippen LogP) is 4.88. The molecule has 4 aromatic rings. The Balaban J connectivity index is 1.13. The topological polar surface area (TPSA) is 33.2 Å². The van der Waals surface area contributed by atoms with E-state index in [4.69, 9.17) is 4.74 Å². The number of unbranched alkanes of at least 4 members (excludes halogenated alkanes) is 1. The van der Waals surface area contributed by atoms with Crippen molar-refractivity contribution in [2.75, 3.05) is 19.7 Å². The van der Waals surface area contributed by atoms with Gasteiger partial charge in [0, 0.05) is 60.3 Å². The summed E-state index contributed by atoms with van der Waals surface area (Å²) in [5.41, 5.74) is 5.56. The normalized spacial score (nSPS) is 14.6. The molecule has 2 aromatic heterocycles. The number of ether oxygens (including phenoxy) is 1. The number of hydrogen-bond donors (Lipinski definition) is 1. The van der Waals surface area contributed by atoms with Crippen LogP contribution in [0.2, 0.25) is 0 Å². The summed E-state index contributed by atoms with van der Waals surface area (Å²) in [6, 6.07) is 17.1. The highest BCUT2D eigenvalue weighted by atomic mass is 16.5. The first-order valence-electron chi connectivity index (χ1n) is 10.3. The summed E-state index contributed by atoms with van der Waals surface area (Å²) in [4.78, 5) is 5.81. The predicted molar refractivity (Wildman–Crippen MR) is 115 cm³/mol. The SMILES string of the molecule is Cn1c2c(c3ccccc31)CN(CCCCOc1ccc3[nH]ccc3c1)CC2. The lowest BCUT2D eigenvalue weighted by atomic mass is 10.0. The second-order valence-corrected chi connectivity index (χ2v) is 7.81. The minimum atomic E-state index is 0.781. The zero-order chi connectivity index (χ0) is 18.9. The average molecular weight is 374 g/mol. The van der Waals surface area contributed by atoms with Crippen LogP contribution in [0, 0.1) is 0 Å². The minimum Gasteiger partial charge on any atom is -0.494 e. The largest absolute Gasteiger partial charge is 0.494 e. The van der Waals surface area contributed by atoms with Gasteiger partial charge >= 0.3 is 0 Å². The Bertz CT molecular complexity index is 1110. The van der Waals surface area contributed by atoms with Gasteiger partial charge in [-0.3, -0.25) is 4.90 Å². The highest BCUT2D eigenvalue weighted by Gasteiger charge is 2.22. The van der Waals surface area contributed by atoms with E-state index in [1.54, 1.807) is 0 Å². The third-order valence-electron chi connectivity index (χ3n) is 6.05. The molecule has 1 N–H and O–H groups in total. The van der Waals surface area contributed by atoms with Gasteiger partial charge in [0.15, 0.2) is 0 Å². The summed E-state index contributed by atoms with van der Waals surface area (Å²) in [5, 5.41) is 2.63. The van der Waals surface area contributed by atoms with Gasteiger partial charge in [0.25, 0.3) is 0 Å². The molecule has 144 valence electrons. The van der Waals surface area contributed by atoms with E-state index in [-0.39, 0.29) is 0 Å². The molecule has 1 aliphatic rings. The van der Waals surface area contributed by atoms with Crippen molar-refractivity contribution < 1.29 is 4.74 Å². The van der Waals surface area contributed by atoms with Gasteiger partial charge in [-0.15, -0.1) is 0 Å². The standard InChI is InChI=1S/C24H27N3O/c1-26-23-7-3-2-6-20(23)21-17-27(14-11-24(21)26)13-4-5-15-28-19-8-9-22-18(16-19)10-12-25-22/h2-3,6-10,12,16,25H,4-5,11,13-15,17H2,1H3. The summed E-state index contributed by atoms with van der Waals surface area (Å²) < 4.78 is 8.34. The number of hydrogen-bond acceptors (Lipinski definition) is 2. The monoisotopic (exact) mass is 373 g/mol. The van der Waals surface area contributed by atoms with E-state index in [1.165, 1.54) is 34.0 Å². The van der Waals surface area contributed by atoms with Crippen molar-refractivity contribution in [3.05, 3.63) is 66.0 Å². The van der Waals surface area contributed by atoms with E-state index >= 15 is 0 Å². The second kappa shape index (κ2) is 7.36. The molecule has 0 saturated heterocycles. The van der Waals surface area contributed by atoms with Crippen LogP contribution in [0.15, 0.2) is 54.7 Å². The third kappa shape index (κ3) is 3.18. The molecule has 28 heavy (non-hydrogen) atoms. The van der Waals surface area contributed by atoms with Crippen LogP contribution in [0.5, 0.6) is 5.75 Å². The maximum atomic E-state index is 5.95. The smallest absolute Gasteiger partial charge is 0.120 e. The van der Waals surface area contributed by atoms with E-state index in [1.807, 2.05) is 12.3 Å². The van der Waals surface area contributed by atoms with Crippen LogP contribution in [0.1, 0.15) is 24.1 Å². The Hall–Kier alpha value is -2.72. The zero-order valence-corrected chi connectivity index (χ0v) is 16.4. The summed E-state index contributed by atoms with van der Waals surface area (Å²) in [7, 11) is 2.21. The van der Waals surface area contributed by atoms with Crippen molar-refractivity contribution in [1.82, 2.24) is 14.5 Å². The Morgan fingerprint density at radius 2 is 2.00 bits per heavy atom. The molecule has 4 nitrogen and oxygen atoms in total. The van der Waals surface area contributed by atoms with E-state index < -0.39 is 0 Å². The molecule has 5 rings (SSSR count). The maximum Gasteiger partial charge on any atom is 0.120 e. The van der Waals surface area contributed by atoms with Crippen LogP contribution in [-0.4, -0.2) is 34.1 Å². The number of H-pyrrole nitrogens is 1. The molecule has 0 aliphatic carbocycles. The van der Waals surface area contributed by atoms with Crippen molar-refractivity contribution in [3.63, 3.8) is 0 Å². The molecule has 0 fully saturated rings. The fraction of sp³-hybridized carbons (Fsp3) is 0.333. The Morgan fingerprint density at radius 1 is 1.07 bits per heavy atom. The number of benzene rings is 2. The van der Waals surface area contributed by atoms with Crippen LogP contribution in [-0.2, 0) is 20.0 Å². The Labute approximate surface area is 165 Å². The van der Waals surface area contributed by atoms with Crippen LogP contribution in [0.4, 0.5) is 0 Å². The number of rotatable bonds is 6. The Kier molecular flexibility index (Phi) is 4.57. The van der Waals surface area contributed by atoms with E-state index in [2.05, 4.69) is 64.0 Å². The summed E-state index contributed by atoms with van der Waals surface area (Å²) in [5.74, 6) is 0.963. The highest BCUT2D eigenvalue weighted by Crippen LogP contribution is 2.30. The Morgan fingerprint density at radius 3 is 2.96 bits per heavy atom. The highest BCUT2D eigenvalue weighted by molar-refractivity contribution is 5.85. The van der Waals surface area contributed by atoms with Crippen LogP contribution >= 0.6 is 0 Å². The molecule has 4 heteroatoms. The van der Waals surface area contributed by atoms with Gasteiger partial charge in [0.1, 0.15) is 5.75 Å². The quantitative estimate of drug-likeness (QED) is 0.489. The number of nitrogens with one attached hydrogen (secondary N) is 1. The summed E-state index contributed by atoms with van der Waals surface area (Å²) in [6.07, 6.45) is 5.37. The van der Waals surface area contributed by atoms with Crippen molar-refractivity contribution in [3.8, 4) is 5.75 Å². The van der Waals surface area contributed by atoms with Crippen molar-refractivity contribution in [2.45, 2.75) is 25.8 Å². The molecule has 2 aromatic carbocycles. The first-order valence-corrected chi connectivity index (χ1v) is 10.3. The molecule has 0 amide bonds. The van der Waals surface area contributed by atoms with Crippen LogP contribution in [0.25, 0.3) is 21.8 Å². The molecule has 0 unspecified atom stereocenters. The van der Waals surface area contributed by atoms with Crippen molar-refractivity contribution >= 4 is 21.8 Å². The molecule has 0 radical (unpaired) electrons. The third-order valence-corrected chi connectivity index (χ3v) is 6.05. The lowest BCUT2D eigenvalue weighted by Crippen LogP contribution is -2.31. The first-order chi connectivity index (χ1) is 13.8. The lowest BCUT2D eigenvalue weighted by molar-refractivity contribution is 0.234. The van der Waals surface area contributed by atoms with Gasteiger partial charge < -0.3 is 14.3 Å². The molecule has 0 bridgehead atoms. The summed E-state index contributed by atoms with van der Waals surface area (Å²) in [6.45, 7) is 4.15. The molecule has 0 spiro atoms. The first kappa shape index (κ1) is 17.4. The van der Waals surface area contributed by atoms with Gasteiger partial charge in [-0.05, 0) is 55.3 Å². The fourth-order valence-corrected chi connectivity index (χ4v) is 4.53. The molecule has 0 atom stereocenters. The van der Waals surface area contributed by atoms with Crippen LogP contribution < -0.4 is 4.74 Å². The molecule has 3 heterocycles. The van der Waals surface area contributed by atoms with Gasteiger partial charge in [-0.1, -0.05) is 18.2 Å². The van der Waals surface area contributed by atoms with Gasteiger partial charge in [-0.2, -0.15) is 0 Å². The number of aromatic nitrogens is 2. The van der Waals surface area contributed by atoms with E-state index in [0.717, 1.165) is 50.3 Å². The van der Waals surface area contributed by atoms with Gasteiger partial charge in [0.05, 0.1) is 6.61 Å².